The summed E-state index contributed by atoms with van der Waals surface area (Å²) in [5.41, 5.74) is 2.57. The predicted molar refractivity (Wildman–Crippen MR) is 111 cm³/mol. The Bertz CT molecular complexity index is 1160. The van der Waals surface area contributed by atoms with Crippen LogP contribution < -0.4 is 10.6 Å². The minimum Gasteiger partial charge on any atom is -0.462 e. The number of carbonyl (C=O) groups is 1. The van der Waals surface area contributed by atoms with Gasteiger partial charge in [0.25, 0.3) is 0 Å². The fourth-order valence-electron chi connectivity index (χ4n) is 2.86. The first-order valence-corrected chi connectivity index (χ1v) is 9.08. The molecule has 0 saturated carbocycles. The maximum atomic E-state index is 12.2. The van der Waals surface area contributed by atoms with Crippen LogP contribution in [0.4, 0.5) is 23.1 Å². The van der Waals surface area contributed by atoms with Gasteiger partial charge in [0.15, 0.2) is 5.82 Å². The van der Waals surface area contributed by atoms with Crippen molar-refractivity contribution in [1.82, 2.24) is 20.2 Å². The number of fused-ring (bicyclic) bond motifs is 1. The van der Waals surface area contributed by atoms with E-state index in [9.17, 15) is 4.79 Å². The van der Waals surface area contributed by atoms with Crippen LogP contribution in [0.25, 0.3) is 10.9 Å². The van der Waals surface area contributed by atoms with Crippen LogP contribution in [0.3, 0.4) is 0 Å². The van der Waals surface area contributed by atoms with Crippen molar-refractivity contribution in [3.8, 4) is 0 Å². The molecule has 0 radical (unpaired) electrons. The van der Waals surface area contributed by atoms with Crippen LogP contribution in [-0.4, -0.2) is 32.7 Å². The summed E-state index contributed by atoms with van der Waals surface area (Å²) in [6.45, 7) is 2.06. The van der Waals surface area contributed by atoms with Crippen LogP contribution in [0.2, 0.25) is 0 Å². The molecule has 8 nitrogen and oxygen atoms in total. The number of nitrogens with zero attached hydrogens (tertiary/aromatic N) is 4. The lowest BCUT2D eigenvalue weighted by Crippen LogP contribution is -2.09. The molecule has 29 heavy (non-hydrogen) atoms. The molecule has 2 N–H and O–H groups in total. The molecule has 0 aliphatic rings. The highest BCUT2D eigenvalue weighted by Gasteiger charge is 2.13. The number of para-hydroxylation sites is 2. The molecule has 0 fully saturated rings. The molecular formula is C21H18N6O2. The van der Waals surface area contributed by atoms with Crippen molar-refractivity contribution in [2.45, 2.75) is 6.92 Å². The Morgan fingerprint density at radius 3 is 2.72 bits per heavy atom. The van der Waals surface area contributed by atoms with E-state index in [-0.39, 0.29) is 5.95 Å². The molecule has 0 bridgehead atoms. The van der Waals surface area contributed by atoms with E-state index in [1.54, 1.807) is 31.3 Å². The van der Waals surface area contributed by atoms with Crippen LogP contribution in [0.15, 0.2) is 67.0 Å². The molecule has 2 heterocycles. The van der Waals surface area contributed by atoms with Crippen LogP contribution in [0, 0.1) is 0 Å². The van der Waals surface area contributed by atoms with Gasteiger partial charge >= 0.3 is 5.97 Å². The Morgan fingerprint density at radius 1 is 1.00 bits per heavy atom. The van der Waals surface area contributed by atoms with Gasteiger partial charge in [-0.1, -0.05) is 30.3 Å². The van der Waals surface area contributed by atoms with Gasteiger partial charge in [-0.15, -0.1) is 5.10 Å². The minimum absolute atomic E-state index is 0.250. The van der Waals surface area contributed by atoms with Crippen LogP contribution in [-0.2, 0) is 4.74 Å². The van der Waals surface area contributed by atoms with E-state index < -0.39 is 5.97 Å². The van der Waals surface area contributed by atoms with Gasteiger partial charge < -0.3 is 15.4 Å². The standard InChI is InChI=1S/C21H18N6O2/c1-2-29-20(28)15-9-3-4-10-16(15)25-21-26-18(13-23-27-21)24-17-11-5-7-14-8-6-12-22-19(14)17/h3-13H,2H2,1H3,(H2,24,25,26,27). The number of anilines is 4. The third kappa shape index (κ3) is 4.11. The highest BCUT2D eigenvalue weighted by molar-refractivity contribution is 5.96. The summed E-state index contributed by atoms with van der Waals surface area (Å²) in [7, 11) is 0. The van der Waals surface area contributed by atoms with Crippen molar-refractivity contribution >= 4 is 40.0 Å². The van der Waals surface area contributed by atoms with Crippen molar-refractivity contribution < 1.29 is 9.53 Å². The number of nitrogens with one attached hydrogen (secondary N) is 2. The van der Waals surface area contributed by atoms with Gasteiger partial charge in [0.1, 0.15) is 0 Å². The predicted octanol–water partition coefficient (Wildman–Crippen LogP) is 4.08. The van der Waals surface area contributed by atoms with Gasteiger partial charge in [-0.2, -0.15) is 10.1 Å². The van der Waals surface area contributed by atoms with Crippen molar-refractivity contribution in [3.63, 3.8) is 0 Å². The van der Waals surface area contributed by atoms with Crippen LogP contribution >= 0.6 is 0 Å². The van der Waals surface area contributed by atoms with Gasteiger partial charge in [0.05, 0.1) is 35.3 Å². The zero-order valence-electron chi connectivity index (χ0n) is 15.7. The van der Waals surface area contributed by atoms with E-state index in [0.29, 0.717) is 23.7 Å². The van der Waals surface area contributed by atoms with E-state index in [1.165, 1.54) is 6.20 Å². The smallest absolute Gasteiger partial charge is 0.340 e. The molecule has 2 aromatic heterocycles. The number of hydrogen-bond acceptors (Lipinski definition) is 8. The Kier molecular flexibility index (Phi) is 5.24. The maximum Gasteiger partial charge on any atom is 0.340 e. The van der Waals surface area contributed by atoms with Crippen molar-refractivity contribution in [3.05, 3.63) is 72.6 Å². The molecule has 4 aromatic rings. The van der Waals surface area contributed by atoms with E-state index in [1.807, 2.05) is 36.4 Å². The summed E-state index contributed by atoms with van der Waals surface area (Å²) >= 11 is 0. The largest absolute Gasteiger partial charge is 0.462 e. The SMILES string of the molecule is CCOC(=O)c1ccccc1Nc1nncc(Nc2cccc3cccnc23)n1. The molecule has 0 spiro atoms. The van der Waals surface area contributed by atoms with E-state index >= 15 is 0 Å². The highest BCUT2D eigenvalue weighted by atomic mass is 16.5. The lowest BCUT2D eigenvalue weighted by Gasteiger charge is -2.11. The molecule has 0 unspecified atom stereocenters. The van der Waals surface area contributed by atoms with Gasteiger partial charge in [-0.05, 0) is 31.2 Å². The molecule has 0 aliphatic heterocycles. The third-order valence-corrected chi connectivity index (χ3v) is 4.12. The second kappa shape index (κ2) is 8.30. The van der Waals surface area contributed by atoms with E-state index in [2.05, 4.69) is 30.8 Å². The number of aromatic nitrogens is 4. The first-order chi connectivity index (χ1) is 14.2. The number of benzene rings is 2. The molecule has 4 rings (SSSR count). The quantitative estimate of drug-likeness (QED) is 0.478. The van der Waals surface area contributed by atoms with Gasteiger partial charge in [0, 0.05) is 11.6 Å². The molecule has 2 aromatic carbocycles. The van der Waals surface area contributed by atoms with Gasteiger partial charge in [-0.3, -0.25) is 4.98 Å². The lowest BCUT2D eigenvalue weighted by atomic mass is 10.2. The number of rotatable bonds is 6. The molecule has 0 atom stereocenters. The Morgan fingerprint density at radius 2 is 1.83 bits per heavy atom. The Balaban J connectivity index is 1.60. The normalized spacial score (nSPS) is 10.5. The third-order valence-electron chi connectivity index (χ3n) is 4.12. The summed E-state index contributed by atoms with van der Waals surface area (Å²) in [4.78, 5) is 21.0. The summed E-state index contributed by atoms with van der Waals surface area (Å²) in [5.74, 6) is 0.328. The summed E-state index contributed by atoms with van der Waals surface area (Å²) in [5, 5.41) is 15.3. The highest BCUT2D eigenvalue weighted by Crippen LogP contribution is 2.24. The molecule has 0 aliphatic carbocycles. The molecular weight excluding hydrogens is 368 g/mol. The maximum absolute atomic E-state index is 12.2. The Labute approximate surface area is 167 Å². The fourth-order valence-corrected chi connectivity index (χ4v) is 2.86. The topological polar surface area (TPSA) is 102 Å². The first-order valence-electron chi connectivity index (χ1n) is 9.08. The van der Waals surface area contributed by atoms with Crippen LogP contribution in [0.1, 0.15) is 17.3 Å². The number of carbonyl (C=O) groups excluding carboxylic acids is 1. The zero-order valence-corrected chi connectivity index (χ0v) is 15.7. The van der Waals surface area contributed by atoms with Crippen LogP contribution in [0.5, 0.6) is 0 Å². The van der Waals surface area contributed by atoms with Crippen molar-refractivity contribution in [2.75, 3.05) is 17.2 Å². The molecule has 0 amide bonds. The second-order valence-electron chi connectivity index (χ2n) is 6.06. The van der Waals surface area contributed by atoms with E-state index in [4.69, 9.17) is 4.74 Å². The average molecular weight is 386 g/mol. The number of ether oxygens (including phenoxy) is 1. The zero-order chi connectivity index (χ0) is 20.1. The fraction of sp³-hybridized carbons (Fsp3) is 0.0952. The lowest BCUT2D eigenvalue weighted by molar-refractivity contribution is 0.0527. The first kappa shape index (κ1) is 18.3. The molecule has 0 saturated heterocycles. The number of pyridine rings is 1. The summed E-state index contributed by atoms with van der Waals surface area (Å²) in [6, 6.07) is 16.7. The van der Waals surface area contributed by atoms with E-state index in [0.717, 1.165) is 16.6 Å². The average Bonchev–Trinajstić information content (AvgIpc) is 2.75. The molecule has 8 heteroatoms. The Hall–Kier alpha value is -4.07. The van der Waals surface area contributed by atoms with Crippen molar-refractivity contribution in [1.29, 1.82) is 0 Å². The molecule has 144 valence electrons. The minimum atomic E-state index is -0.417. The second-order valence-corrected chi connectivity index (χ2v) is 6.06. The van der Waals surface area contributed by atoms with Gasteiger partial charge in [0.2, 0.25) is 5.95 Å². The monoisotopic (exact) mass is 386 g/mol. The summed E-state index contributed by atoms with van der Waals surface area (Å²) < 4.78 is 5.10. The van der Waals surface area contributed by atoms with Gasteiger partial charge in [-0.25, -0.2) is 4.79 Å². The number of hydrogen-bond donors (Lipinski definition) is 2. The summed E-state index contributed by atoms with van der Waals surface area (Å²) in [6.07, 6.45) is 3.26. The van der Waals surface area contributed by atoms with Crippen molar-refractivity contribution in [2.24, 2.45) is 0 Å². The number of esters is 1.